The molecule has 0 fully saturated rings. The minimum Gasteiger partial charge on any atom is -0.465 e. The summed E-state index contributed by atoms with van der Waals surface area (Å²) in [5.41, 5.74) is 1.84. The predicted molar refractivity (Wildman–Crippen MR) is 60.7 cm³/mol. The van der Waals surface area contributed by atoms with Crippen LogP contribution in [-0.4, -0.2) is 15.6 Å². The van der Waals surface area contributed by atoms with Crippen LogP contribution in [0, 0.1) is 0 Å². The number of benzene rings is 1. The van der Waals surface area contributed by atoms with E-state index in [1.165, 1.54) is 5.56 Å². The van der Waals surface area contributed by atoms with E-state index in [1.54, 1.807) is 12.1 Å². The van der Waals surface area contributed by atoms with Gasteiger partial charge in [0.05, 0.1) is 0 Å². The number of alkyl halides is 1. The molecule has 0 spiro atoms. The van der Waals surface area contributed by atoms with E-state index in [2.05, 4.69) is 27.9 Å². The quantitative estimate of drug-likeness (QED) is 0.664. The van der Waals surface area contributed by atoms with Gasteiger partial charge in [-0.25, -0.2) is 4.79 Å². The molecule has 0 unspecified atom stereocenters. The van der Waals surface area contributed by atoms with Crippen LogP contribution < -0.4 is 5.32 Å². The molecule has 0 aliphatic rings. The predicted octanol–water partition coefficient (Wildman–Crippen LogP) is 2.75. The number of rotatable bonds is 3. The summed E-state index contributed by atoms with van der Waals surface area (Å²) in [6.45, 7) is 0. The number of hydrogen-bond donors (Lipinski definition) is 2. The average molecular weight is 291 g/mol. The van der Waals surface area contributed by atoms with Gasteiger partial charge in [0.25, 0.3) is 0 Å². The van der Waals surface area contributed by atoms with Crippen LogP contribution in [0.4, 0.5) is 10.5 Å². The third-order valence-corrected chi connectivity index (χ3v) is 2.13. The molecule has 0 saturated carbocycles. The smallest absolute Gasteiger partial charge is 0.409 e. The van der Waals surface area contributed by atoms with Crippen LogP contribution in [-0.2, 0) is 6.42 Å². The van der Waals surface area contributed by atoms with Gasteiger partial charge in [0.15, 0.2) is 0 Å². The maximum atomic E-state index is 10.3. The summed E-state index contributed by atoms with van der Waals surface area (Å²) in [4.78, 5) is 10.3. The molecule has 2 N–H and O–H groups in total. The standard InChI is InChI=1S/C9H10INO2/c10-6-5-7-1-3-8(4-2-7)11-9(12)13/h1-4,11H,5-6H2,(H,12,13). The van der Waals surface area contributed by atoms with E-state index < -0.39 is 6.09 Å². The first-order valence-electron chi connectivity index (χ1n) is 3.87. The van der Waals surface area contributed by atoms with Gasteiger partial charge in [0, 0.05) is 10.1 Å². The molecule has 0 atom stereocenters. The monoisotopic (exact) mass is 291 g/mol. The minimum absolute atomic E-state index is 0.615. The van der Waals surface area contributed by atoms with E-state index in [0.717, 1.165) is 10.8 Å². The van der Waals surface area contributed by atoms with Crippen molar-refractivity contribution in [1.29, 1.82) is 0 Å². The SMILES string of the molecule is O=C(O)Nc1ccc(CCI)cc1. The number of halogens is 1. The van der Waals surface area contributed by atoms with Crippen molar-refractivity contribution in [3.05, 3.63) is 29.8 Å². The van der Waals surface area contributed by atoms with Crippen LogP contribution in [0.15, 0.2) is 24.3 Å². The fraction of sp³-hybridized carbons (Fsp3) is 0.222. The lowest BCUT2D eigenvalue weighted by Gasteiger charge is -2.01. The Morgan fingerprint density at radius 3 is 2.46 bits per heavy atom. The molecule has 1 aromatic rings. The highest BCUT2D eigenvalue weighted by molar-refractivity contribution is 14.1. The molecular weight excluding hydrogens is 281 g/mol. The lowest BCUT2D eigenvalue weighted by molar-refractivity contribution is 0.210. The zero-order chi connectivity index (χ0) is 9.68. The van der Waals surface area contributed by atoms with E-state index in [9.17, 15) is 4.79 Å². The number of anilines is 1. The van der Waals surface area contributed by atoms with Gasteiger partial charge in [-0.3, -0.25) is 5.32 Å². The topological polar surface area (TPSA) is 49.3 Å². The van der Waals surface area contributed by atoms with Gasteiger partial charge in [-0.05, 0) is 24.1 Å². The van der Waals surface area contributed by atoms with Crippen molar-refractivity contribution in [2.45, 2.75) is 6.42 Å². The third kappa shape index (κ3) is 3.63. The summed E-state index contributed by atoms with van der Waals surface area (Å²) < 4.78 is 1.07. The second kappa shape index (κ2) is 5.06. The Morgan fingerprint density at radius 1 is 1.38 bits per heavy atom. The number of nitrogens with one attached hydrogen (secondary N) is 1. The first kappa shape index (κ1) is 10.3. The zero-order valence-corrected chi connectivity index (χ0v) is 9.11. The Hall–Kier alpha value is -0.780. The minimum atomic E-state index is -1.03. The molecule has 0 aliphatic heterocycles. The molecule has 1 amide bonds. The van der Waals surface area contributed by atoms with E-state index in [0.29, 0.717) is 5.69 Å². The molecule has 0 heterocycles. The van der Waals surface area contributed by atoms with Crippen molar-refractivity contribution in [3.8, 4) is 0 Å². The number of hydrogen-bond acceptors (Lipinski definition) is 1. The highest BCUT2D eigenvalue weighted by Crippen LogP contribution is 2.10. The Labute approximate surface area is 90.3 Å². The van der Waals surface area contributed by atoms with Crippen LogP contribution >= 0.6 is 22.6 Å². The maximum Gasteiger partial charge on any atom is 0.409 e. The molecule has 3 nitrogen and oxygen atoms in total. The lowest BCUT2D eigenvalue weighted by atomic mass is 10.1. The lowest BCUT2D eigenvalue weighted by Crippen LogP contribution is -2.06. The molecule has 13 heavy (non-hydrogen) atoms. The molecule has 0 bridgehead atoms. The van der Waals surface area contributed by atoms with Crippen molar-refractivity contribution in [1.82, 2.24) is 0 Å². The molecule has 0 saturated heterocycles. The van der Waals surface area contributed by atoms with Crippen molar-refractivity contribution < 1.29 is 9.90 Å². The Balaban J connectivity index is 2.64. The molecule has 0 aromatic heterocycles. The molecule has 1 rings (SSSR count). The van der Waals surface area contributed by atoms with Gasteiger partial charge in [0.1, 0.15) is 0 Å². The Kier molecular flexibility index (Phi) is 4.01. The summed E-state index contributed by atoms with van der Waals surface area (Å²) in [5, 5.41) is 10.7. The molecule has 1 aromatic carbocycles. The molecular formula is C9H10INO2. The average Bonchev–Trinajstić information content (AvgIpc) is 2.08. The van der Waals surface area contributed by atoms with E-state index in [1.807, 2.05) is 12.1 Å². The summed E-state index contributed by atoms with van der Waals surface area (Å²) in [6, 6.07) is 7.42. The van der Waals surface area contributed by atoms with E-state index in [4.69, 9.17) is 5.11 Å². The fourth-order valence-corrected chi connectivity index (χ4v) is 1.61. The molecule has 70 valence electrons. The first-order valence-corrected chi connectivity index (χ1v) is 5.40. The highest BCUT2D eigenvalue weighted by atomic mass is 127. The summed E-state index contributed by atoms with van der Waals surface area (Å²) in [6.07, 6.45) is -0.00452. The van der Waals surface area contributed by atoms with Crippen LogP contribution in [0.3, 0.4) is 0 Å². The summed E-state index contributed by atoms with van der Waals surface area (Å²) in [7, 11) is 0. The Morgan fingerprint density at radius 2 is 2.00 bits per heavy atom. The van der Waals surface area contributed by atoms with E-state index in [-0.39, 0.29) is 0 Å². The van der Waals surface area contributed by atoms with Crippen molar-refractivity contribution in [2.24, 2.45) is 0 Å². The van der Waals surface area contributed by atoms with Crippen molar-refractivity contribution in [3.63, 3.8) is 0 Å². The number of carboxylic acid groups (broad SMARTS) is 1. The van der Waals surface area contributed by atoms with E-state index >= 15 is 0 Å². The van der Waals surface area contributed by atoms with Crippen molar-refractivity contribution in [2.75, 3.05) is 9.74 Å². The number of aryl methyl sites for hydroxylation is 1. The summed E-state index contributed by atoms with van der Waals surface area (Å²) >= 11 is 2.31. The van der Waals surface area contributed by atoms with Gasteiger partial charge in [-0.1, -0.05) is 34.7 Å². The molecule has 0 radical (unpaired) electrons. The largest absolute Gasteiger partial charge is 0.465 e. The van der Waals surface area contributed by atoms with Gasteiger partial charge in [0.2, 0.25) is 0 Å². The second-order valence-corrected chi connectivity index (χ2v) is 3.64. The van der Waals surface area contributed by atoms with Gasteiger partial charge >= 0.3 is 6.09 Å². The Bertz CT molecular complexity index is 284. The molecule has 4 heteroatoms. The zero-order valence-electron chi connectivity index (χ0n) is 6.96. The first-order chi connectivity index (χ1) is 6.22. The normalized spacial score (nSPS) is 9.62. The van der Waals surface area contributed by atoms with Crippen LogP contribution in [0.5, 0.6) is 0 Å². The highest BCUT2D eigenvalue weighted by Gasteiger charge is 1.97. The van der Waals surface area contributed by atoms with Crippen LogP contribution in [0.2, 0.25) is 0 Å². The van der Waals surface area contributed by atoms with Crippen LogP contribution in [0.25, 0.3) is 0 Å². The van der Waals surface area contributed by atoms with Gasteiger partial charge in [-0.15, -0.1) is 0 Å². The van der Waals surface area contributed by atoms with Crippen molar-refractivity contribution >= 4 is 34.4 Å². The summed E-state index contributed by atoms with van der Waals surface area (Å²) in [5.74, 6) is 0. The maximum absolute atomic E-state index is 10.3. The van der Waals surface area contributed by atoms with Gasteiger partial charge in [-0.2, -0.15) is 0 Å². The number of carbonyl (C=O) groups is 1. The third-order valence-electron chi connectivity index (χ3n) is 1.59. The van der Waals surface area contributed by atoms with Gasteiger partial charge < -0.3 is 5.11 Å². The van der Waals surface area contributed by atoms with Crippen LogP contribution in [0.1, 0.15) is 5.56 Å². The number of amides is 1. The fourth-order valence-electron chi connectivity index (χ4n) is 0.987. The second-order valence-electron chi connectivity index (χ2n) is 2.57. The molecule has 0 aliphatic carbocycles.